The molecule has 4 N–H and O–H groups in total. The lowest BCUT2D eigenvalue weighted by Crippen LogP contribution is -2.51. The van der Waals surface area contributed by atoms with Crippen LogP contribution in [0.2, 0.25) is 0 Å². The number of fused-ring (bicyclic) bond motifs is 1. The molecule has 1 fully saturated rings. The van der Waals surface area contributed by atoms with E-state index in [0.29, 0.717) is 24.6 Å². The van der Waals surface area contributed by atoms with Crippen LogP contribution in [0.3, 0.4) is 0 Å². The highest BCUT2D eigenvalue weighted by molar-refractivity contribution is 5.93. The van der Waals surface area contributed by atoms with Crippen LogP contribution in [0.15, 0.2) is 48.5 Å². The molecular weight excluding hydrogens is 500 g/mol. The number of nitrogens with two attached hydrogens (primary N) is 1. The number of hydrogen-bond acceptors (Lipinski definition) is 5. The van der Waals surface area contributed by atoms with Gasteiger partial charge in [0.15, 0.2) is 0 Å². The fourth-order valence-electron chi connectivity index (χ4n) is 6.22. The molecule has 1 unspecified atom stereocenters. The average Bonchev–Trinajstić information content (AvgIpc) is 3.00. The van der Waals surface area contributed by atoms with E-state index >= 15 is 0 Å². The number of benzene rings is 2. The first-order valence-corrected chi connectivity index (χ1v) is 15.2. The summed E-state index contributed by atoms with van der Waals surface area (Å²) in [7, 11) is 1.00. The predicted molar refractivity (Wildman–Crippen MR) is 163 cm³/mol. The first-order valence-electron chi connectivity index (χ1n) is 15.2. The second-order valence-electron chi connectivity index (χ2n) is 11.1. The second kappa shape index (κ2) is 17.9. The minimum Gasteiger partial charge on any atom is -0.461 e. The molecule has 0 aromatic heterocycles. The van der Waals surface area contributed by atoms with Gasteiger partial charge in [0.1, 0.15) is 6.61 Å². The smallest absolute Gasteiger partial charge is 0.306 e. The van der Waals surface area contributed by atoms with Crippen LogP contribution < -0.4 is 11.1 Å². The molecule has 40 heavy (non-hydrogen) atoms. The zero-order valence-corrected chi connectivity index (χ0v) is 25.2. The highest BCUT2D eigenvalue weighted by Crippen LogP contribution is 2.43. The van der Waals surface area contributed by atoms with Gasteiger partial charge in [-0.25, -0.2) is 0 Å². The number of esters is 1. The molecule has 0 aliphatic heterocycles. The number of aliphatic hydroxyl groups excluding tert-OH is 1. The van der Waals surface area contributed by atoms with Gasteiger partial charge in [-0.2, -0.15) is 0 Å². The molecule has 0 heterocycles. The number of hydrogen-bond donors (Lipinski definition) is 3. The molecule has 1 saturated carbocycles. The molecule has 1 atom stereocenters. The monoisotopic (exact) mass is 552 g/mol. The Labute approximate surface area is 242 Å². The van der Waals surface area contributed by atoms with Crippen LogP contribution >= 0.6 is 0 Å². The molecule has 2 aliphatic rings. The maximum absolute atomic E-state index is 12.1. The van der Waals surface area contributed by atoms with E-state index in [9.17, 15) is 9.59 Å². The first-order chi connectivity index (χ1) is 19.4. The summed E-state index contributed by atoms with van der Waals surface area (Å²) in [6, 6.07) is 15.9. The lowest BCUT2D eigenvalue weighted by molar-refractivity contribution is -0.145. The van der Waals surface area contributed by atoms with E-state index in [1.165, 1.54) is 43.2 Å². The number of carbonyl (C=O) groups is 2. The molecule has 4 rings (SSSR count). The van der Waals surface area contributed by atoms with Crippen molar-refractivity contribution in [3.05, 3.63) is 70.8 Å². The Kier molecular flexibility index (Phi) is 15.0. The van der Waals surface area contributed by atoms with Gasteiger partial charge in [0, 0.05) is 30.6 Å². The number of amides is 1. The molecule has 2 aromatic rings. The normalized spacial score (nSPS) is 17.8. The van der Waals surface area contributed by atoms with Crippen molar-refractivity contribution in [2.75, 3.05) is 13.7 Å². The Morgan fingerprint density at radius 2 is 1.68 bits per heavy atom. The fraction of sp³-hybridized carbons (Fsp3) is 0.588. The third-order valence-electron chi connectivity index (χ3n) is 8.65. The topological polar surface area (TPSA) is 102 Å². The summed E-state index contributed by atoms with van der Waals surface area (Å²) in [5.41, 5.74) is 9.65. The summed E-state index contributed by atoms with van der Waals surface area (Å²) in [6.45, 7) is 7.87. The molecule has 0 radical (unpaired) electrons. The van der Waals surface area contributed by atoms with E-state index in [-0.39, 0.29) is 17.3 Å². The number of rotatable bonds is 10. The summed E-state index contributed by atoms with van der Waals surface area (Å²) < 4.78 is 5.38. The lowest BCUT2D eigenvalue weighted by Gasteiger charge is -2.45. The average molecular weight is 553 g/mol. The molecule has 2 aliphatic carbocycles. The first kappa shape index (κ1) is 33.5. The molecule has 2 aromatic carbocycles. The Morgan fingerprint density at radius 3 is 2.25 bits per heavy atom. The number of primary amides is 1. The van der Waals surface area contributed by atoms with E-state index in [4.69, 9.17) is 15.6 Å². The van der Waals surface area contributed by atoms with Crippen molar-refractivity contribution in [3.8, 4) is 0 Å². The van der Waals surface area contributed by atoms with Crippen LogP contribution in [-0.2, 0) is 28.0 Å². The summed E-state index contributed by atoms with van der Waals surface area (Å²) in [5.74, 6) is 0.491. The van der Waals surface area contributed by atoms with Crippen LogP contribution in [0.5, 0.6) is 0 Å². The van der Waals surface area contributed by atoms with Gasteiger partial charge in [0.2, 0.25) is 5.91 Å². The maximum Gasteiger partial charge on any atom is 0.306 e. The standard InChI is InChI=1S/C26H34N2O3.C7H14.CH4O/c1-3-26(4-2)22-17-21(25(27)30)13-12-20(22)14-15-23(26)28-16-8-11-24(29)31-18-19-9-6-5-7-10-19;1-7-5-3-2-4-6-7;1-2/h5-7,9-10,12-13,17,23,28H,3-4,8,11,14-16,18H2,1-2H3,(H2,27,30);7H,2-6H2,1H3;2H,1H3. The van der Waals surface area contributed by atoms with Crippen molar-refractivity contribution in [1.29, 1.82) is 0 Å². The van der Waals surface area contributed by atoms with E-state index in [1.807, 2.05) is 42.5 Å². The Hall–Kier alpha value is -2.70. The van der Waals surface area contributed by atoms with Gasteiger partial charge in [-0.3, -0.25) is 9.59 Å². The van der Waals surface area contributed by atoms with Crippen molar-refractivity contribution in [2.24, 2.45) is 11.7 Å². The van der Waals surface area contributed by atoms with Crippen molar-refractivity contribution in [2.45, 2.75) is 109 Å². The third kappa shape index (κ3) is 9.74. The van der Waals surface area contributed by atoms with Crippen LogP contribution in [-0.4, -0.2) is 36.7 Å². The summed E-state index contributed by atoms with van der Waals surface area (Å²) in [4.78, 5) is 23.8. The zero-order chi connectivity index (χ0) is 29.4. The van der Waals surface area contributed by atoms with Gasteiger partial charge in [0.25, 0.3) is 0 Å². The molecule has 1 amide bonds. The molecular formula is C34H52N2O4. The Bertz CT molecular complexity index is 1010. The lowest BCUT2D eigenvalue weighted by atomic mass is 9.63. The largest absolute Gasteiger partial charge is 0.461 e. The van der Waals surface area contributed by atoms with E-state index in [2.05, 4.69) is 32.2 Å². The molecule has 6 heteroatoms. The van der Waals surface area contributed by atoms with Gasteiger partial charge in [-0.15, -0.1) is 0 Å². The molecule has 222 valence electrons. The van der Waals surface area contributed by atoms with Crippen molar-refractivity contribution in [3.63, 3.8) is 0 Å². The van der Waals surface area contributed by atoms with Gasteiger partial charge in [-0.05, 0) is 73.4 Å². The van der Waals surface area contributed by atoms with Crippen LogP contribution in [0.1, 0.15) is 112 Å². The minimum atomic E-state index is -0.381. The number of aliphatic hydroxyl groups is 1. The Morgan fingerprint density at radius 1 is 1.00 bits per heavy atom. The zero-order valence-electron chi connectivity index (χ0n) is 25.2. The van der Waals surface area contributed by atoms with Crippen molar-refractivity contribution < 1.29 is 19.4 Å². The van der Waals surface area contributed by atoms with Gasteiger partial charge >= 0.3 is 5.97 Å². The second-order valence-corrected chi connectivity index (χ2v) is 11.1. The number of aryl methyl sites for hydroxylation is 1. The fourth-order valence-corrected chi connectivity index (χ4v) is 6.22. The third-order valence-corrected chi connectivity index (χ3v) is 8.65. The van der Waals surface area contributed by atoms with E-state index in [1.54, 1.807) is 0 Å². The van der Waals surface area contributed by atoms with Crippen LogP contribution in [0, 0.1) is 5.92 Å². The van der Waals surface area contributed by atoms with Crippen LogP contribution in [0.4, 0.5) is 0 Å². The van der Waals surface area contributed by atoms with Crippen molar-refractivity contribution in [1.82, 2.24) is 5.32 Å². The molecule has 0 spiro atoms. The highest BCUT2D eigenvalue weighted by Gasteiger charge is 2.41. The number of ether oxygens (including phenoxy) is 1. The van der Waals surface area contributed by atoms with Gasteiger partial charge in [0.05, 0.1) is 0 Å². The summed E-state index contributed by atoms with van der Waals surface area (Å²) in [5, 5.41) is 10.7. The Balaban J connectivity index is 0.000000534. The maximum atomic E-state index is 12.1. The number of nitrogens with one attached hydrogen (secondary N) is 1. The molecule has 0 bridgehead atoms. The number of carbonyl (C=O) groups excluding carboxylic acids is 2. The SMILES string of the molecule is CC1CCCCC1.CCC1(CC)c2cc(C(N)=O)ccc2CCC1NCCCC(=O)OCc1ccccc1.CO. The minimum absolute atomic E-state index is 0.0349. The molecule has 0 saturated heterocycles. The van der Waals surface area contributed by atoms with Gasteiger partial charge < -0.3 is 20.9 Å². The van der Waals surface area contributed by atoms with E-state index < -0.39 is 0 Å². The van der Waals surface area contributed by atoms with Crippen molar-refractivity contribution >= 4 is 11.9 Å². The highest BCUT2D eigenvalue weighted by atomic mass is 16.5. The predicted octanol–water partition coefficient (Wildman–Crippen LogP) is 6.47. The summed E-state index contributed by atoms with van der Waals surface area (Å²) in [6.07, 6.45) is 12.6. The quantitative estimate of drug-likeness (QED) is 0.232. The van der Waals surface area contributed by atoms with E-state index in [0.717, 1.165) is 57.2 Å². The summed E-state index contributed by atoms with van der Waals surface area (Å²) >= 11 is 0. The molecule has 6 nitrogen and oxygen atoms in total. The van der Waals surface area contributed by atoms with Gasteiger partial charge in [-0.1, -0.05) is 89.3 Å². The van der Waals surface area contributed by atoms with Crippen LogP contribution in [0.25, 0.3) is 0 Å².